The molecule has 3 amide bonds. The molecule has 1 fully saturated rings. The number of hydrogen-bond donors (Lipinski definition) is 6. The summed E-state index contributed by atoms with van der Waals surface area (Å²) in [7, 11) is 0. The quantitative estimate of drug-likeness (QED) is 0.0377. The first kappa shape index (κ1) is 56.9. The fourth-order valence-corrected chi connectivity index (χ4v) is 6.38. The van der Waals surface area contributed by atoms with Crippen LogP contribution in [0.3, 0.4) is 0 Å². The molecule has 1 heterocycles. The van der Waals surface area contributed by atoms with E-state index in [0.717, 1.165) is 0 Å². The van der Waals surface area contributed by atoms with Crippen LogP contribution in [0.25, 0.3) is 0 Å². The van der Waals surface area contributed by atoms with E-state index < -0.39 is 29.9 Å². The second kappa shape index (κ2) is 36.3. The van der Waals surface area contributed by atoms with Crippen molar-refractivity contribution in [3.05, 3.63) is 0 Å². The zero-order valence-corrected chi connectivity index (χ0v) is 37.2. The molecule has 1 unspecified atom stereocenters. The molecule has 23 nitrogen and oxygen atoms in total. The lowest BCUT2D eigenvalue weighted by Gasteiger charge is -2.35. The van der Waals surface area contributed by atoms with Crippen molar-refractivity contribution in [1.82, 2.24) is 35.1 Å². The van der Waals surface area contributed by atoms with E-state index in [9.17, 15) is 54.0 Å². The van der Waals surface area contributed by atoms with Gasteiger partial charge < -0.3 is 59.6 Å². The normalized spacial score (nSPS) is 15.5. The lowest BCUT2D eigenvalue weighted by Crippen LogP contribution is -2.52. The largest absolute Gasteiger partial charge is 0.480 e. The summed E-state index contributed by atoms with van der Waals surface area (Å²) in [6.45, 7) is 9.19. The van der Waals surface area contributed by atoms with Gasteiger partial charge in [0.2, 0.25) is 17.7 Å². The van der Waals surface area contributed by atoms with Gasteiger partial charge in [0.05, 0.1) is 65.8 Å². The zero-order chi connectivity index (χ0) is 46.7. The number of carbonyl (C=O) groups excluding carboxylic acids is 3. The van der Waals surface area contributed by atoms with E-state index in [1.165, 1.54) is 11.8 Å². The Morgan fingerprint density at radius 2 is 0.952 bits per heavy atom. The molecule has 1 rings (SSSR count). The van der Waals surface area contributed by atoms with Crippen molar-refractivity contribution in [3.63, 3.8) is 0 Å². The average Bonchev–Trinajstić information content (AvgIpc) is 3.21. The Labute approximate surface area is 370 Å². The highest BCUT2D eigenvalue weighted by Crippen LogP contribution is 2.11. The first-order valence-corrected chi connectivity index (χ1v) is 21.7. The van der Waals surface area contributed by atoms with Crippen molar-refractivity contribution in [2.75, 3.05) is 164 Å². The maximum atomic E-state index is 12.7. The van der Waals surface area contributed by atoms with Gasteiger partial charge in [-0.05, 0) is 32.6 Å². The van der Waals surface area contributed by atoms with Gasteiger partial charge in [0.1, 0.15) is 6.04 Å². The molecule has 0 radical (unpaired) electrons. The Morgan fingerprint density at radius 3 is 1.37 bits per heavy atom. The molecule has 0 spiro atoms. The predicted molar refractivity (Wildman–Crippen MR) is 226 cm³/mol. The van der Waals surface area contributed by atoms with Gasteiger partial charge in [0, 0.05) is 112 Å². The van der Waals surface area contributed by atoms with Gasteiger partial charge in [-0.15, -0.1) is 0 Å². The van der Waals surface area contributed by atoms with Crippen molar-refractivity contribution < 1.29 is 77.7 Å². The highest BCUT2D eigenvalue weighted by molar-refractivity contribution is 5.83. The number of nitrogens with one attached hydrogen (secondary N) is 2. The van der Waals surface area contributed by atoms with Crippen molar-refractivity contribution in [2.24, 2.45) is 0 Å². The molecule has 0 saturated carbocycles. The highest BCUT2D eigenvalue weighted by Gasteiger charge is 2.28. The van der Waals surface area contributed by atoms with E-state index in [2.05, 4.69) is 10.6 Å². The Kier molecular flexibility index (Phi) is 32.8. The number of carboxylic acid groups (broad SMARTS) is 4. The molecule has 0 bridgehead atoms. The molecule has 0 aromatic carbocycles. The number of aliphatic carboxylic acids is 4. The smallest absolute Gasteiger partial charge is 0.320 e. The minimum absolute atomic E-state index is 0.0173. The molecule has 1 aliphatic rings. The maximum Gasteiger partial charge on any atom is 0.320 e. The Hall–Kier alpha value is -4.07. The van der Waals surface area contributed by atoms with E-state index in [1.807, 2.05) is 6.92 Å². The van der Waals surface area contributed by atoms with Gasteiger partial charge in [-0.1, -0.05) is 0 Å². The molecule has 23 heteroatoms. The maximum absolute atomic E-state index is 12.7. The Balaban J connectivity index is 2.31. The van der Waals surface area contributed by atoms with Crippen molar-refractivity contribution >= 4 is 41.6 Å². The lowest BCUT2D eigenvalue weighted by molar-refractivity contribution is -0.145. The van der Waals surface area contributed by atoms with Crippen LogP contribution in [0.2, 0.25) is 0 Å². The number of rotatable bonds is 35. The molecule has 1 aliphatic heterocycles. The van der Waals surface area contributed by atoms with Crippen LogP contribution in [-0.4, -0.2) is 257 Å². The second-order valence-corrected chi connectivity index (χ2v) is 14.8. The Bertz CT molecular complexity index is 1300. The molecular weight excluding hydrogens is 834 g/mol. The molecule has 6 N–H and O–H groups in total. The number of ether oxygens (including phenoxy) is 5. The first-order chi connectivity index (χ1) is 30.2. The number of amides is 3. The van der Waals surface area contributed by atoms with E-state index in [1.54, 1.807) is 19.6 Å². The predicted octanol–water partition coefficient (Wildman–Crippen LogP) is -1.95. The summed E-state index contributed by atoms with van der Waals surface area (Å²) in [6.07, 6.45) is 1.61. The third-order valence-corrected chi connectivity index (χ3v) is 9.71. The highest BCUT2D eigenvalue weighted by atomic mass is 16.5. The van der Waals surface area contributed by atoms with Crippen LogP contribution in [0.1, 0.15) is 46.0 Å². The van der Waals surface area contributed by atoms with E-state index in [0.29, 0.717) is 105 Å². The first-order valence-electron chi connectivity index (χ1n) is 21.7. The topological polar surface area (TPSA) is 287 Å². The summed E-state index contributed by atoms with van der Waals surface area (Å²) < 4.78 is 27.3. The number of carbonyl (C=O) groups is 7. The lowest BCUT2D eigenvalue weighted by atomic mass is 10.1. The fourth-order valence-electron chi connectivity index (χ4n) is 6.38. The standard InChI is InChI=1S/C40H73N7O16/c1-3-59-23-24-62-22-6-11-47(33(2)48)29-36(50)42-10-5-21-61-26-28-63-27-25-60-20-4-9-41-35(49)8-7-34(40(57)58)46-18-16-44(31-38(53)54)14-12-43(30-37(51)52)13-15-45(17-19-46)32-39(55)56/h34H,3-32H2,1-2H3,(H,41,49)(H,42,50)(H,51,52)(H,53,54)(H,55,56)(H,57,58). The fraction of sp³-hybridized carbons (Fsp3) is 0.825. The third-order valence-electron chi connectivity index (χ3n) is 9.71. The van der Waals surface area contributed by atoms with Crippen molar-refractivity contribution in [2.45, 2.75) is 52.0 Å². The molecule has 0 aromatic heterocycles. The Morgan fingerprint density at radius 1 is 0.556 bits per heavy atom. The van der Waals surface area contributed by atoms with Crippen LogP contribution >= 0.6 is 0 Å². The molecule has 1 saturated heterocycles. The minimum atomic E-state index is -1.17. The average molecular weight is 908 g/mol. The third kappa shape index (κ3) is 31.4. The summed E-state index contributed by atoms with van der Waals surface area (Å²) in [4.78, 5) is 91.8. The van der Waals surface area contributed by atoms with Crippen LogP contribution < -0.4 is 10.6 Å². The number of carboxylic acids is 4. The SMILES string of the molecule is CCOCCOCCCN(CC(=O)NCCCOCCOCCOCCCNC(=O)CCC(C(=O)O)N1CCN(CC(=O)O)CCN(CC(=O)O)CCN(CC(=O)O)CC1)C(C)=O. The van der Waals surface area contributed by atoms with Gasteiger partial charge in [0.15, 0.2) is 0 Å². The van der Waals surface area contributed by atoms with E-state index in [-0.39, 0.29) is 109 Å². The monoisotopic (exact) mass is 908 g/mol. The molecular formula is C40H73N7O16. The summed E-state index contributed by atoms with van der Waals surface area (Å²) in [6, 6.07) is -1.10. The van der Waals surface area contributed by atoms with Crippen LogP contribution in [0.4, 0.5) is 0 Å². The zero-order valence-electron chi connectivity index (χ0n) is 37.2. The number of hydrogen-bond acceptors (Lipinski definition) is 16. The molecule has 364 valence electrons. The number of nitrogens with zero attached hydrogens (tertiary/aromatic N) is 5. The van der Waals surface area contributed by atoms with Crippen LogP contribution in [0, 0.1) is 0 Å². The second-order valence-electron chi connectivity index (χ2n) is 14.8. The molecule has 0 aromatic rings. The minimum Gasteiger partial charge on any atom is -0.480 e. The van der Waals surface area contributed by atoms with Gasteiger partial charge in [-0.2, -0.15) is 0 Å². The van der Waals surface area contributed by atoms with Crippen LogP contribution in [0.5, 0.6) is 0 Å². The van der Waals surface area contributed by atoms with Crippen LogP contribution in [-0.2, 0) is 57.2 Å². The summed E-state index contributed by atoms with van der Waals surface area (Å²) in [5.74, 6) is -5.19. The summed E-state index contributed by atoms with van der Waals surface area (Å²) in [5, 5.41) is 44.0. The van der Waals surface area contributed by atoms with E-state index >= 15 is 0 Å². The van der Waals surface area contributed by atoms with Crippen molar-refractivity contribution in [3.8, 4) is 0 Å². The van der Waals surface area contributed by atoms with Gasteiger partial charge in [-0.25, -0.2) is 0 Å². The van der Waals surface area contributed by atoms with Crippen molar-refractivity contribution in [1.29, 1.82) is 0 Å². The van der Waals surface area contributed by atoms with Gasteiger partial charge in [-0.3, -0.25) is 53.2 Å². The van der Waals surface area contributed by atoms with Crippen LogP contribution in [0.15, 0.2) is 0 Å². The summed E-state index contributed by atoms with van der Waals surface area (Å²) in [5.41, 5.74) is 0. The van der Waals surface area contributed by atoms with Gasteiger partial charge >= 0.3 is 23.9 Å². The molecule has 0 aliphatic carbocycles. The molecule has 63 heavy (non-hydrogen) atoms. The summed E-state index contributed by atoms with van der Waals surface area (Å²) >= 11 is 0. The van der Waals surface area contributed by atoms with E-state index in [4.69, 9.17) is 23.7 Å². The molecule has 1 atom stereocenters. The van der Waals surface area contributed by atoms with Gasteiger partial charge in [0.25, 0.3) is 0 Å².